The van der Waals surface area contributed by atoms with Gasteiger partial charge in [-0.25, -0.2) is 4.98 Å². The molecule has 1 saturated heterocycles. The molecule has 2 aromatic carbocycles. The van der Waals surface area contributed by atoms with Gasteiger partial charge in [0.05, 0.1) is 16.1 Å². The van der Waals surface area contributed by atoms with Gasteiger partial charge in [0, 0.05) is 19.6 Å². The minimum atomic E-state index is 0.0253. The van der Waals surface area contributed by atoms with E-state index in [9.17, 15) is 4.79 Å². The van der Waals surface area contributed by atoms with Crippen LogP contribution in [0.2, 0.25) is 0 Å². The fourth-order valence-corrected chi connectivity index (χ4v) is 4.97. The van der Waals surface area contributed by atoms with Gasteiger partial charge >= 0.3 is 0 Å². The number of nitrogens with zero attached hydrogens (tertiary/aromatic N) is 2. The number of carbonyl (C=O) groups is 1. The third-order valence-corrected chi connectivity index (χ3v) is 6.25. The molecule has 1 amide bonds. The highest BCUT2D eigenvalue weighted by Crippen LogP contribution is 2.33. The molecule has 1 atom stereocenters. The molecule has 0 bridgehead atoms. The molecule has 5 heteroatoms. The molecule has 4 nitrogen and oxygen atoms in total. The summed E-state index contributed by atoms with van der Waals surface area (Å²) in [6, 6.07) is 14.5. The second kappa shape index (κ2) is 7.69. The lowest BCUT2D eigenvalue weighted by atomic mass is 9.97. The molecule has 1 aliphatic rings. The van der Waals surface area contributed by atoms with Gasteiger partial charge in [-0.05, 0) is 49.4 Å². The van der Waals surface area contributed by atoms with Gasteiger partial charge in [-0.15, -0.1) is 0 Å². The predicted octanol–water partition coefficient (Wildman–Crippen LogP) is 4.45. The van der Waals surface area contributed by atoms with Gasteiger partial charge in [-0.1, -0.05) is 47.7 Å². The summed E-state index contributed by atoms with van der Waals surface area (Å²) in [7, 11) is 0. The summed E-state index contributed by atoms with van der Waals surface area (Å²) in [6.45, 7) is 6.56. The number of rotatable bonds is 4. The lowest BCUT2D eigenvalue weighted by Gasteiger charge is -2.31. The standard InChI is InChI=1S/C22H25N3OS/c1-15-11-16(2)20-19(12-15)27-22(24-20)25-10-6-9-18(14-25)21(26)23-13-17-7-4-3-5-8-17/h3-5,7-8,11-12,18H,6,9-10,13-14H2,1-2H3,(H,23,26)/t18-/m0/s1. The van der Waals surface area contributed by atoms with Crippen molar-refractivity contribution in [3.63, 3.8) is 0 Å². The monoisotopic (exact) mass is 379 g/mol. The molecule has 0 radical (unpaired) electrons. The molecular weight excluding hydrogens is 354 g/mol. The molecular formula is C22H25N3OS. The van der Waals surface area contributed by atoms with Crippen LogP contribution in [0, 0.1) is 19.8 Å². The van der Waals surface area contributed by atoms with Gasteiger partial charge in [0.25, 0.3) is 0 Å². The summed E-state index contributed by atoms with van der Waals surface area (Å²) in [5.74, 6) is 0.175. The van der Waals surface area contributed by atoms with E-state index in [0.717, 1.165) is 42.1 Å². The molecule has 1 aliphatic heterocycles. The normalized spacial score (nSPS) is 17.3. The zero-order chi connectivity index (χ0) is 18.8. The molecule has 0 spiro atoms. The van der Waals surface area contributed by atoms with Crippen molar-refractivity contribution in [3.8, 4) is 0 Å². The van der Waals surface area contributed by atoms with Crippen LogP contribution in [0.15, 0.2) is 42.5 Å². The lowest BCUT2D eigenvalue weighted by molar-refractivity contribution is -0.125. The highest BCUT2D eigenvalue weighted by atomic mass is 32.1. The maximum Gasteiger partial charge on any atom is 0.225 e. The largest absolute Gasteiger partial charge is 0.352 e. The molecule has 3 aromatic rings. The summed E-state index contributed by atoms with van der Waals surface area (Å²) in [4.78, 5) is 19.8. The zero-order valence-electron chi connectivity index (χ0n) is 15.9. The predicted molar refractivity (Wildman–Crippen MR) is 112 cm³/mol. The van der Waals surface area contributed by atoms with E-state index in [2.05, 4.69) is 36.2 Å². The summed E-state index contributed by atoms with van der Waals surface area (Å²) in [6.07, 6.45) is 1.97. The summed E-state index contributed by atoms with van der Waals surface area (Å²) >= 11 is 1.74. The Morgan fingerprint density at radius 3 is 2.89 bits per heavy atom. The number of benzene rings is 2. The fraction of sp³-hybridized carbons (Fsp3) is 0.364. The van der Waals surface area contributed by atoms with Gasteiger partial charge in [-0.3, -0.25) is 4.79 Å². The Kier molecular flexibility index (Phi) is 5.12. The van der Waals surface area contributed by atoms with Gasteiger partial charge in [0.2, 0.25) is 5.91 Å². The first-order valence-electron chi connectivity index (χ1n) is 9.54. The average molecular weight is 380 g/mol. The number of aryl methyl sites for hydroxylation is 2. The Hall–Kier alpha value is -2.40. The van der Waals surface area contributed by atoms with Crippen LogP contribution in [0.3, 0.4) is 0 Å². The summed E-state index contributed by atoms with van der Waals surface area (Å²) < 4.78 is 1.23. The van der Waals surface area contributed by atoms with Gasteiger partial charge < -0.3 is 10.2 Å². The van der Waals surface area contributed by atoms with Crippen LogP contribution in [0.1, 0.15) is 29.5 Å². The van der Waals surface area contributed by atoms with E-state index in [1.807, 2.05) is 30.3 Å². The molecule has 140 valence electrons. The maximum atomic E-state index is 12.7. The number of hydrogen-bond acceptors (Lipinski definition) is 4. The SMILES string of the molecule is Cc1cc(C)c2nc(N3CCC[C@H](C(=O)NCc4ccccc4)C3)sc2c1. The van der Waals surface area contributed by atoms with Gasteiger partial charge in [-0.2, -0.15) is 0 Å². The van der Waals surface area contributed by atoms with E-state index in [1.54, 1.807) is 11.3 Å². The van der Waals surface area contributed by atoms with Crippen LogP contribution in [-0.2, 0) is 11.3 Å². The molecule has 27 heavy (non-hydrogen) atoms. The van der Waals surface area contributed by atoms with Crippen molar-refractivity contribution in [2.24, 2.45) is 5.92 Å². The Morgan fingerprint density at radius 2 is 2.07 bits per heavy atom. The first kappa shape index (κ1) is 18.0. The molecule has 1 fully saturated rings. The second-order valence-electron chi connectivity index (χ2n) is 7.41. The van der Waals surface area contributed by atoms with E-state index in [-0.39, 0.29) is 11.8 Å². The maximum absolute atomic E-state index is 12.7. The van der Waals surface area contributed by atoms with Crippen molar-refractivity contribution >= 4 is 32.6 Å². The average Bonchev–Trinajstić information content (AvgIpc) is 3.11. The Bertz CT molecular complexity index is 951. The Labute approximate surface area is 164 Å². The van der Waals surface area contributed by atoms with Crippen LogP contribution < -0.4 is 10.2 Å². The molecule has 0 saturated carbocycles. The summed E-state index contributed by atoms with van der Waals surface area (Å²) in [5, 5.41) is 4.14. The number of aromatic nitrogens is 1. The van der Waals surface area contributed by atoms with Crippen molar-refractivity contribution in [2.45, 2.75) is 33.2 Å². The second-order valence-corrected chi connectivity index (χ2v) is 8.42. The number of nitrogens with one attached hydrogen (secondary N) is 1. The number of thiazole rings is 1. The third kappa shape index (κ3) is 3.98. The van der Waals surface area contributed by atoms with Crippen molar-refractivity contribution in [1.82, 2.24) is 10.3 Å². The zero-order valence-corrected chi connectivity index (χ0v) is 16.7. The smallest absolute Gasteiger partial charge is 0.225 e. The highest BCUT2D eigenvalue weighted by molar-refractivity contribution is 7.22. The molecule has 1 N–H and O–H groups in total. The number of fused-ring (bicyclic) bond motifs is 1. The van der Waals surface area contributed by atoms with Gasteiger partial charge in [0.1, 0.15) is 0 Å². The topological polar surface area (TPSA) is 45.2 Å². The van der Waals surface area contributed by atoms with Crippen LogP contribution >= 0.6 is 11.3 Å². The molecule has 1 aromatic heterocycles. The first-order valence-corrected chi connectivity index (χ1v) is 10.4. The number of hydrogen-bond donors (Lipinski definition) is 1. The van der Waals surface area contributed by atoms with E-state index < -0.39 is 0 Å². The van der Waals surface area contributed by atoms with E-state index in [1.165, 1.54) is 15.8 Å². The molecule has 0 unspecified atom stereocenters. The van der Waals surface area contributed by atoms with Crippen LogP contribution in [0.5, 0.6) is 0 Å². The first-order chi connectivity index (χ1) is 13.1. The van der Waals surface area contributed by atoms with E-state index in [0.29, 0.717) is 6.54 Å². The number of piperidine rings is 1. The highest BCUT2D eigenvalue weighted by Gasteiger charge is 2.27. The van der Waals surface area contributed by atoms with Crippen LogP contribution in [0.25, 0.3) is 10.2 Å². The minimum Gasteiger partial charge on any atom is -0.352 e. The van der Waals surface area contributed by atoms with Crippen molar-refractivity contribution < 1.29 is 4.79 Å². The van der Waals surface area contributed by atoms with Crippen molar-refractivity contribution in [1.29, 1.82) is 0 Å². The van der Waals surface area contributed by atoms with Crippen molar-refractivity contribution in [3.05, 3.63) is 59.2 Å². The molecule has 4 rings (SSSR count). The summed E-state index contributed by atoms with van der Waals surface area (Å²) in [5.41, 5.74) is 4.72. The van der Waals surface area contributed by atoms with Crippen LogP contribution in [0.4, 0.5) is 5.13 Å². The van der Waals surface area contributed by atoms with Crippen LogP contribution in [-0.4, -0.2) is 24.0 Å². The lowest BCUT2D eigenvalue weighted by Crippen LogP contribution is -2.42. The number of carbonyl (C=O) groups excluding carboxylic acids is 1. The minimum absolute atomic E-state index is 0.0253. The molecule has 2 heterocycles. The van der Waals surface area contributed by atoms with E-state index >= 15 is 0 Å². The number of amides is 1. The third-order valence-electron chi connectivity index (χ3n) is 5.19. The molecule has 0 aliphatic carbocycles. The van der Waals surface area contributed by atoms with Gasteiger partial charge in [0.15, 0.2) is 5.13 Å². The Balaban J connectivity index is 1.45. The fourth-order valence-electron chi connectivity index (χ4n) is 3.79. The Morgan fingerprint density at radius 1 is 1.26 bits per heavy atom. The van der Waals surface area contributed by atoms with Crippen molar-refractivity contribution in [2.75, 3.05) is 18.0 Å². The van der Waals surface area contributed by atoms with E-state index in [4.69, 9.17) is 4.98 Å². The quantitative estimate of drug-likeness (QED) is 0.729. The number of anilines is 1.